The molecule has 0 fully saturated rings. The molecule has 0 heterocycles. The Morgan fingerprint density at radius 1 is 1.00 bits per heavy atom. The Hall–Kier alpha value is -2.82. The van der Waals surface area contributed by atoms with E-state index in [1.807, 2.05) is 51.1 Å². The molecule has 1 N–H and O–H groups in total. The van der Waals surface area contributed by atoms with Crippen LogP contribution in [0.15, 0.2) is 54.6 Å². The van der Waals surface area contributed by atoms with Crippen LogP contribution in [-0.4, -0.2) is 30.6 Å². The molecule has 5 nitrogen and oxygen atoms in total. The highest BCUT2D eigenvalue weighted by atomic mass is 16.6. The molecule has 1 unspecified atom stereocenters. The first kappa shape index (κ1) is 18.5. The zero-order valence-corrected chi connectivity index (χ0v) is 14.7. The minimum atomic E-state index is -0.919. The maximum atomic E-state index is 12.3. The highest BCUT2D eigenvalue weighted by Crippen LogP contribution is 2.13. The molecule has 0 aliphatic heterocycles. The van der Waals surface area contributed by atoms with Gasteiger partial charge < -0.3 is 14.8 Å². The van der Waals surface area contributed by atoms with Crippen LogP contribution < -0.4 is 10.1 Å². The maximum Gasteiger partial charge on any atom is 0.338 e. The first-order valence-electron chi connectivity index (χ1n) is 8.22. The van der Waals surface area contributed by atoms with Crippen LogP contribution in [0.1, 0.15) is 29.8 Å². The van der Waals surface area contributed by atoms with Gasteiger partial charge in [0.1, 0.15) is 12.4 Å². The smallest absolute Gasteiger partial charge is 0.338 e. The van der Waals surface area contributed by atoms with E-state index >= 15 is 0 Å². The van der Waals surface area contributed by atoms with Crippen molar-refractivity contribution in [2.24, 2.45) is 0 Å². The van der Waals surface area contributed by atoms with Crippen molar-refractivity contribution in [2.45, 2.75) is 32.9 Å². The van der Waals surface area contributed by atoms with Crippen molar-refractivity contribution in [3.8, 4) is 5.75 Å². The van der Waals surface area contributed by atoms with Crippen LogP contribution in [0.3, 0.4) is 0 Å². The Morgan fingerprint density at radius 3 is 2.28 bits per heavy atom. The van der Waals surface area contributed by atoms with Crippen molar-refractivity contribution in [3.05, 3.63) is 65.7 Å². The van der Waals surface area contributed by atoms with E-state index in [1.165, 1.54) is 0 Å². The highest BCUT2D eigenvalue weighted by molar-refractivity contribution is 5.91. The molecule has 2 aromatic rings. The average Bonchev–Trinajstić information content (AvgIpc) is 2.59. The van der Waals surface area contributed by atoms with Crippen molar-refractivity contribution in [1.82, 2.24) is 5.32 Å². The number of benzene rings is 2. The number of hydrogen-bond donors (Lipinski definition) is 1. The molecule has 5 heteroatoms. The van der Waals surface area contributed by atoms with Gasteiger partial charge in [0.25, 0.3) is 5.91 Å². The topological polar surface area (TPSA) is 64.6 Å². The van der Waals surface area contributed by atoms with Crippen LogP contribution in [0.25, 0.3) is 0 Å². The van der Waals surface area contributed by atoms with Gasteiger partial charge in [-0.2, -0.15) is 0 Å². The fourth-order valence-electron chi connectivity index (χ4n) is 2.24. The fraction of sp³-hybridized carbons (Fsp3) is 0.300. The predicted octanol–water partition coefficient (Wildman–Crippen LogP) is 3.12. The number of esters is 1. The average molecular weight is 341 g/mol. The zero-order chi connectivity index (χ0) is 18.2. The van der Waals surface area contributed by atoms with Crippen LogP contribution in [-0.2, 0) is 9.53 Å². The van der Waals surface area contributed by atoms with Crippen molar-refractivity contribution >= 4 is 11.9 Å². The molecule has 0 bridgehead atoms. The van der Waals surface area contributed by atoms with E-state index < -0.39 is 12.1 Å². The van der Waals surface area contributed by atoms with Crippen molar-refractivity contribution in [3.63, 3.8) is 0 Å². The largest absolute Gasteiger partial charge is 0.477 e. The third kappa shape index (κ3) is 5.64. The third-order valence-corrected chi connectivity index (χ3v) is 3.48. The number of carbonyl (C=O) groups excluding carboxylic acids is 2. The van der Waals surface area contributed by atoms with E-state index in [-0.39, 0.29) is 18.6 Å². The minimum absolute atomic E-state index is 0.0403. The maximum absolute atomic E-state index is 12.3. The summed E-state index contributed by atoms with van der Waals surface area (Å²) in [5, 5.41) is 2.78. The van der Waals surface area contributed by atoms with Crippen LogP contribution in [0, 0.1) is 6.92 Å². The summed E-state index contributed by atoms with van der Waals surface area (Å²) in [7, 11) is 0. The van der Waals surface area contributed by atoms with Crippen LogP contribution in [0.2, 0.25) is 0 Å². The summed E-state index contributed by atoms with van der Waals surface area (Å²) < 4.78 is 11.0. The molecule has 0 saturated heterocycles. The number of rotatable bonds is 7. The van der Waals surface area contributed by atoms with Crippen LogP contribution in [0.4, 0.5) is 0 Å². The second-order valence-corrected chi connectivity index (χ2v) is 6.00. The van der Waals surface area contributed by atoms with Gasteiger partial charge in [0.05, 0.1) is 5.56 Å². The summed E-state index contributed by atoms with van der Waals surface area (Å²) in [6.45, 7) is 5.38. The van der Waals surface area contributed by atoms with Crippen LogP contribution >= 0.6 is 0 Å². The Kier molecular flexibility index (Phi) is 6.57. The van der Waals surface area contributed by atoms with Gasteiger partial charge in [-0.15, -0.1) is 0 Å². The SMILES string of the molecule is Cc1ccccc1C(=O)OCC(Oc1ccccc1)C(=O)NC(C)C. The predicted molar refractivity (Wildman–Crippen MR) is 95.6 cm³/mol. The van der Waals surface area contributed by atoms with Gasteiger partial charge in [0.2, 0.25) is 6.10 Å². The van der Waals surface area contributed by atoms with Gasteiger partial charge >= 0.3 is 5.97 Å². The Labute approximate surface area is 148 Å². The molecule has 1 atom stereocenters. The van der Waals surface area contributed by atoms with Crippen molar-refractivity contribution < 1.29 is 19.1 Å². The second-order valence-electron chi connectivity index (χ2n) is 6.00. The number of amides is 1. The van der Waals surface area contributed by atoms with Crippen molar-refractivity contribution in [2.75, 3.05) is 6.61 Å². The number of carbonyl (C=O) groups is 2. The molecule has 25 heavy (non-hydrogen) atoms. The fourth-order valence-corrected chi connectivity index (χ4v) is 2.24. The Morgan fingerprint density at radius 2 is 1.64 bits per heavy atom. The van der Waals surface area contributed by atoms with E-state index in [2.05, 4.69) is 5.32 Å². The standard InChI is InChI=1S/C20H23NO4/c1-14(2)21-19(22)18(25-16-10-5-4-6-11-16)13-24-20(23)17-12-8-7-9-15(17)3/h4-12,14,18H,13H2,1-3H3,(H,21,22). The first-order valence-corrected chi connectivity index (χ1v) is 8.22. The van der Waals surface area contributed by atoms with E-state index in [1.54, 1.807) is 24.3 Å². The van der Waals surface area contributed by atoms with Gasteiger partial charge in [-0.1, -0.05) is 36.4 Å². The van der Waals surface area contributed by atoms with Gasteiger partial charge in [0, 0.05) is 6.04 Å². The summed E-state index contributed by atoms with van der Waals surface area (Å²) in [5.41, 5.74) is 1.30. The van der Waals surface area contributed by atoms with Gasteiger partial charge in [-0.3, -0.25) is 4.79 Å². The summed E-state index contributed by atoms with van der Waals surface area (Å²) in [5.74, 6) is -0.258. The highest BCUT2D eigenvalue weighted by Gasteiger charge is 2.24. The molecule has 132 valence electrons. The minimum Gasteiger partial charge on any atom is -0.477 e. The molecule has 0 aliphatic rings. The van der Waals surface area contributed by atoms with E-state index in [4.69, 9.17) is 9.47 Å². The number of aryl methyl sites for hydroxylation is 1. The Bertz CT molecular complexity index is 713. The van der Waals surface area contributed by atoms with E-state index in [9.17, 15) is 9.59 Å². The lowest BCUT2D eigenvalue weighted by Crippen LogP contribution is -2.44. The third-order valence-electron chi connectivity index (χ3n) is 3.48. The molecule has 2 aromatic carbocycles. The lowest BCUT2D eigenvalue weighted by molar-refractivity contribution is -0.130. The zero-order valence-electron chi connectivity index (χ0n) is 14.7. The van der Waals surface area contributed by atoms with Gasteiger partial charge in [-0.25, -0.2) is 4.79 Å². The normalized spacial score (nSPS) is 11.7. The Balaban J connectivity index is 2.06. The monoisotopic (exact) mass is 341 g/mol. The van der Waals surface area contributed by atoms with E-state index in [0.29, 0.717) is 11.3 Å². The second kappa shape index (κ2) is 8.87. The summed E-state index contributed by atoms with van der Waals surface area (Å²) >= 11 is 0. The lowest BCUT2D eigenvalue weighted by Gasteiger charge is -2.20. The summed E-state index contributed by atoms with van der Waals surface area (Å²) in [6.07, 6.45) is -0.919. The number of nitrogens with one attached hydrogen (secondary N) is 1. The molecular weight excluding hydrogens is 318 g/mol. The quantitative estimate of drug-likeness (QED) is 0.786. The number of hydrogen-bond acceptors (Lipinski definition) is 4. The lowest BCUT2D eigenvalue weighted by atomic mass is 10.1. The first-order chi connectivity index (χ1) is 12.0. The number of para-hydroxylation sites is 1. The van der Waals surface area contributed by atoms with Crippen LogP contribution in [0.5, 0.6) is 5.75 Å². The molecule has 0 spiro atoms. The molecule has 0 aliphatic carbocycles. The van der Waals surface area contributed by atoms with E-state index in [0.717, 1.165) is 5.56 Å². The molecule has 0 aromatic heterocycles. The molecule has 0 saturated carbocycles. The molecular formula is C20H23NO4. The van der Waals surface area contributed by atoms with Gasteiger partial charge in [0.15, 0.2) is 0 Å². The number of ether oxygens (including phenoxy) is 2. The molecule has 2 rings (SSSR count). The molecule has 1 amide bonds. The van der Waals surface area contributed by atoms with Gasteiger partial charge in [-0.05, 0) is 44.5 Å². The van der Waals surface area contributed by atoms with Crippen molar-refractivity contribution in [1.29, 1.82) is 0 Å². The molecule has 0 radical (unpaired) electrons. The summed E-state index contributed by atoms with van der Waals surface area (Å²) in [4.78, 5) is 24.6. The summed E-state index contributed by atoms with van der Waals surface area (Å²) in [6, 6.07) is 16.1.